The van der Waals surface area contributed by atoms with Crippen LogP contribution >= 0.6 is 22.9 Å². The Morgan fingerprint density at radius 1 is 1.50 bits per heavy atom. The molecule has 3 nitrogen and oxygen atoms in total. The Hall–Kier alpha value is -0.610. The molecule has 0 spiro atoms. The average molecular weight is 232 g/mol. The van der Waals surface area contributed by atoms with E-state index in [1.807, 2.05) is 0 Å². The molecule has 5 heteroatoms. The lowest BCUT2D eigenvalue weighted by molar-refractivity contribution is 0.112. The van der Waals surface area contributed by atoms with Crippen molar-refractivity contribution >= 4 is 29.2 Å². The Labute approximate surface area is 91.1 Å². The Kier molecular flexibility index (Phi) is 3.03. The number of carbonyl (C=O) groups is 1. The van der Waals surface area contributed by atoms with Gasteiger partial charge < -0.3 is 4.74 Å². The van der Waals surface area contributed by atoms with Crippen LogP contribution in [0.15, 0.2) is 0 Å². The first kappa shape index (κ1) is 9.93. The van der Waals surface area contributed by atoms with Crippen molar-refractivity contribution in [1.29, 1.82) is 0 Å². The van der Waals surface area contributed by atoms with Gasteiger partial charge in [-0.05, 0) is 25.7 Å². The topological polar surface area (TPSA) is 39.2 Å². The smallest absolute Gasteiger partial charge is 0.275 e. The molecule has 1 aliphatic carbocycles. The fourth-order valence-corrected chi connectivity index (χ4v) is 2.54. The Morgan fingerprint density at radius 2 is 2.21 bits per heavy atom. The van der Waals surface area contributed by atoms with Gasteiger partial charge in [0.05, 0.1) is 0 Å². The van der Waals surface area contributed by atoms with Gasteiger partial charge >= 0.3 is 0 Å². The van der Waals surface area contributed by atoms with Gasteiger partial charge in [0.25, 0.3) is 5.19 Å². The molecule has 1 fully saturated rings. The molecule has 1 saturated carbocycles. The summed E-state index contributed by atoms with van der Waals surface area (Å²) in [6.45, 7) is 0. The van der Waals surface area contributed by atoms with Gasteiger partial charge in [-0.3, -0.25) is 4.79 Å². The zero-order chi connectivity index (χ0) is 9.97. The first-order chi connectivity index (χ1) is 6.79. The van der Waals surface area contributed by atoms with Gasteiger partial charge in [0.15, 0.2) is 11.4 Å². The molecule has 0 amide bonds. The zero-order valence-corrected chi connectivity index (χ0v) is 9.11. The molecular formula is C9H10ClNO2S. The quantitative estimate of drug-likeness (QED) is 0.751. The fourth-order valence-electron chi connectivity index (χ4n) is 1.57. The average Bonchev–Trinajstić information content (AvgIpc) is 2.76. The van der Waals surface area contributed by atoms with Crippen molar-refractivity contribution < 1.29 is 9.53 Å². The molecule has 0 bridgehead atoms. The lowest BCUT2D eigenvalue weighted by Gasteiger charge is -2.08. The van der Waals surface area contributed by atoms with E-state index >= 15 is 0 Å². The van der Waals surface area contributed by atoms with Crippen LogP contribution in [0.5, 0.6) is 5.19 Å². The van der Waals surface area contributed by atoms with Crippen molar-refractivity contribution in [3.8, 4) is 5.19 Å². The Morgan fingerprint density at radius 3 is 2.79 bits per heavy atom. The van der Waals surface area contributed by atoms with E-state index in [1.54, 1.807) is 0 Å². The van der Waals surface area contributed by atoms with E-state index < -0.39 is 0 Å². The molecule has 1 aliphatic rings. The molecule has 0 saturated heterocycles. The lowest BCUT2D eigenvalue weighted by atomic mass is 10.3. The van der Waals surface area contributed by atoms with Crippen molar-refractivity contribution in [2.24, 2.45) is 0 Å². The van der Waals surface area contributed by atoms with E-state index in [4.69, 9.17) is 16.3 Å². The first-order valence-electron chi connectivity index (χ1n) is 4.58. The third-order valence-electron chi connectivity index (χ3n) is 2.27. The Balaban J connectivity index is 2.04. The summed E-state index contributed by atoms with van der Waals surface area (Å²) in [7, 11) is 0. The highest BCUT2D eigenvalue weighted by atomic mass is 35.5. The minimum Gasteiger partial charge on any atom is -0.467 e. The number of nitrogens with zero attached hydrogens (tertiary/aromatic N) is 1. The fraction of sp³-hybridized carbons (Fsp3) is 0.556. The number of thiazole rings is 1. The molecule has 14 heavy (non-hydrogen) atoms. The van der Waals surface area contributed by atoms with Gasteiger partial charge in [0.1, 0.15) is 11.0 Å². The van der Waals surface area contributed by atoms with E-state index in [0.29, 0.717) is 16.4 Å². The van der Waals surface area contributed by atoms with E-state index in [0.717, 1.165) is 12.8 Å². The highest BCUT2D eigenvalue weighted by molar-refractivity contribution is 7.15. The molecule has 1 aromatic rings. The SMILES string of the molecule is O=Cc1sc(OC2CCCC2)nc1Cl. The number of hydrogen-bond acceptors (Lipinski definition) is 4. The van der Waals surface area contributed by atoms with Crippen molar-refractivity contribution in [2.45, 2.75) is 31.8 Å². The number of ether oxygens (including phenoxy) is 1. The molecule has 0 N–H and O–H groups in total. The predicted octanol–water partition coefficient (Wildman–Crippen LogP) is 2.93. The van der Waals surface area contributed by atoms with E-state index in [9.17, 15) is 4.79 Å². The number of carbonyl (C=O) groups excluding carboxylic acids is 1. The second kappa shape index (κ2) is 4.28. The summed E-state index contributed by atoms with van der Waals surface area (Å²) < 4.78 is 5.60. The van der Waals surface area contributed by atoms with Crippen molar-refractivity contribution in [3.05, 3.63) is 10.0 Å². The number of aromatic nitrogens is 1. The minimum absolute atomic E-state index is 0.248. The summed E-state index contributed by atoms with van der Waals surface area (Å²) in [5.41, 5.74) is 0. The highest BCUT2D eigenvalue weighted by Gasteiger charge is 2.19. The summed E-state index contributed by atoms with van der Waals surface area (Å²) in [6, 6.07) is 0. The van der Waals surface area contributed by atoms with Crippen LogP contribution < -0.4 is 4.74 Å². The van der Waals surface area contributed by atoms with Crippen LogP contribution in [0.25, 0.3) is 0 Å². The summed E-state index contributed by atoms with van der Waals surface area (Å²) in [6.07, 6.45) is 5.55. The van der Waals surface area contributed by atoms with E-state index in [1.165, 1.54) is 24.2 Å². The van der Waals surface area contributed by atoms with Crippen LogP contribution in [0.4, 0.5) is 0 Å². The summed E-state index contributed by atoms with van der Waals surface area (Å²) >= 11 is 6.93. The molecule has 76 valence electrons. The Bertz CT molecular complexity index is 334. The molecular weight excluding hydrogens is 222 g/mol. The van der Waals surface area contributed by atoms with Gasteiger partial charge in [-0.2, -0.15) is 4.98 Å². The second-order valence-electron chi connectivity index (χ2n) is 3.28. The first-order valence-corrected chi connectivity index (χ1v) is 5.77. The van der Waals surface area contributed by atoms with Gasteiger partial charge in [0, 0.05) is 0 Å². The monoisotopic (exact) mass is 231 g/mol. The van der Waals surface area contributed by atoms with Crippen LogP contribution in [0.3, 0.4) is 0 Å². The molecule has 0 unspecified atom stereocenters. The van der Waals surface area contributed by atoms with Gasteiger partial charge in [-0.1, -0.05) is 22.9 Å². The summed E-state index contributed by atoms with van der Waals surface area (Å²) in [5, 5.41) is 0.766. The molecule has 1 aromatic heterocycles. The molecule has 0 atom stereocenters. The van der Waals surface area contributed by atoms with Crippen LogP contribution in [-0.4, -0.2) is 17.4 Å². The van der Waals surface area contributed by atoms with E-state index in [-0.39, 0.29) is 11.3 Å². The number of halogens is 1. The highest BCUT2D eigenvalue weighted by Crippen LogP contribution is 2.30. The number of rotatable bonds is 3. The van der Waals surface area contributed by atoms with Gasteiger partial charge in [-0.15, -0.1) is 0 Å². The number of hydrogen-bond donors (Lipinski definition) is 0. The van der Waals surface area contributed by atoms with Crippen LogP contribution in [-0.2, 0) is 0 Å². The molecule has 0 aliphatic heterocycles. The van der Waals surface area contributed by atoms with Gasteiger partial charge in [-0.25, -0.2) is 0 Å². The third kappa shape index (κ3) is 2.07. The van der Waals surface area contributed by atoms with E-state index in [2.05, 4.69) is 4.98 Å². The normalized spacial score (nSPS) is 17.2. The number of aldehydes is 1. The second-order valence-corrected chi connectivity index (χ2v) is 4.63. The van der Waals surface area contributed by atoms with Crippen LogP contribution in [0, 0.1) is 0 Å². The van der Waals surface area contributed by atoms with Crippen LogP contribution in [0.2, 0.25) is 5.15 Å². The van der Waals surface area contributed by atoms with Crippen molar-refractivity contribution in [1.82, 2.24) is 4.98 Å². The van der Waals surface area contributed by atoms with Gasteiger partial charge in [0.2, 0.25) is 0 Å². The minimum atomic E-state index is 0.248. The van der Waals surface area contributed by atoms with Crippen molar-refractivity contribution in [3.63, 3.8) is 0 Å². The maximum absolute atomic E-state index is 10.5. The standard InChI is InChI=1S/C9H10ClNO2S/c10-8-7(5-12)14-9(11-8)13-6-3-1-2-4-6/h5-6H,1-4H2. The summed E-state index contributed by atoms with van der Waals surface area (Å²) in [4.78, 5) is 14.9. The maximum atomic E-state index is 10.5. The van der Waals surface area contributed by atoms with Crippen LogP contribution in [0.1, 0.15) is 35.4 Å². The third-order valence-corrected chi connectivity index (χ3v) is 3.54. The zero-order valence-electron chi connectivity index (χ0n) is 7.53. The molecule has 2 rings (SSSR count). The predicted molar refractivity (Wildman–Crippen MR) is 55.4 cm³/mol. The van der Waals surface area contributed by atoms with Crippen molar-refractivity contribution in [2.75, 3.05) is 0 Å². The summed E-state index contributed by atoms with van der Waals surface area (Å²) in [5.74, 6) is 0. The maximum Gasteiger partial charge on any atom is 0.275 e. The molecule has 0 radical (unpaired) electrons. The lowest BCUT2D eigenvalue weighted by Crippen LogP contribution is -2.10. The molecule has 0 aromatic carbocycles. The molecule has 1 heterocycles. The largest absolute Gasteiger partial charge is 0.467 e.